The summed E-state index contributed by atoms with van der Waals surface area (Å²) in [7, 11) is -3.51. The number of ether oxygens (including phenoxy) is 1. The molecule has 0 aliphatic carbocycles. The Morgan fingerprint density at radius 2 is 2.00 bits per heavy atom. The third-order valence-corrected chi connectivity index (χ3v) is 5.62. The van der Waals surface area contributed by atoms with E-state index < -0.39 is 10.0 Å². The second-order valence-corrected chi connectivity index (χ2v) is 7.54. The van der Waals surface area contributed by atoms with E-state index in [4.69, 9.17) is 4.74 Å². The molecule has 1 fully saturated rings. The number of H-pyrrole nitrogens is 1. The number of aromatic nitrogens is 2. The molecule has 0 saturated carbocycles. The van der Waals surface area contributed by atoms with E-state index in [-0.39, 0.29) is 12.2 Å². The molecule has 22 heavy (non-hydrogen) atoms. The molecule has 0 amide bonds. The molecule has 118 valence electrons. The van der Waals surface area contributed by atoms with Crippen LogP contribution in [0.4, 0.5) is 0 Å². The monoisotopic (exact) mass is 321 g/mol. The second kappa shape index (κ2) is 5.83. The highest BCUT2D eigenvalue weighted by atomic mass is 32.2. The second-order valence-electron chi connectivity index (χ2n) is 5.60. The van der Waals surface area contributed by atoms with Gasteiger partial charge in [-0.1, -0.05) is 17.7 Å². The molecule has 2 aromatic rings. The van der Waals surface area contributed by atoms with Gasteiger partial charge in [-0.25, -0.2) is 8.42 Å². The van der Waals surface area contributed by atoms with Gasteiger partial charge in [-0.05, 0) is 26.0 Å². The summed E-state index contributed by atoms with van der Waals surface area (Å²) in [6, 6.07) is 6.92. The van der Waals surface area contributed by atoms with Gasteiger partial charge in [0.2, 0.25) is 10.0 Å². The van der Waals surface area contributed by atoms with Gasteiger partial charge in [0.05, 0.1) is 23.3 Å². The lowest BCUT2D eigenvalue weighted by Gasteiger charge is -2.35. The maximum Gasteiger partial charge on any atom is 0.243 e. The molecule has 2 heterocycles. The molecule has 2 atom stereocenters. The highest BCUT2D eigenvalue weighted by molar-refractivity contribution is 7.89. The number of sulfonamides is 1. The average Bonchev–Trinajstić information content (AvgIpc) is 3.01. The van der Waals surface area contributed by atoms with E-state index in [1.54, 1.807) is 24.5 Å². The minimum Gasteiger partial charge on any atom is -0.368 e. The van der Waals surface area contributed by atoms with E-state index in [2.05, 4.69) is 10.2 Å². The Labute approximate surface area is 130 Å². The molecule has 1 aromatic heterocycles. The number of hydrogen-bond donors (Lipinski definition) is 1. The Bertz CT molecular complexity index is 726. The molecule has 1 aromatic carbocycles. The maximum atomic E-state index is 12.8. The zero-order valence-corrected chi connectivity index (χ0v) is 13.4. The van der Waals surface area contributed by atoms with Crippen molar-refractivity contribution in [2.24, 2.45) is 0 Å². The van der Waals surface area contributed by atoms with E-state index in [9.17, 15) is 8.42 Å². The lowest BCUT2D eigenvalue weighted by Crippen LogP contribution is -2.45. The molecular formula is C15H19N3O3S. The maximum absolute atomic E-state index is 12.8. The third kappa shape index (κ3) is 2.92. The van der Waals surface area contributed by atoms with Crippen LogP contribution in [0.25, 0.3) is 0 Å². The summed E-state index contributed by atoms with van der Waals surface area (Å²) in [5, 5.41) is 6.64. The number of nitrogens with zero attached hydrogens (tertiary/aromatic N) is 2. The Kier molecular flexibility index (Phi) is 4.03. The molecule has 0 radical (unpaired) electrons. The van der Waals surface area contributed by atoms with Crippen LogP contribution in [0.5, 0.6) is 0 Å². The van der Waals surface area contributed by atoms with Crippen LogP contribution in [-0.2, 0) is 14.8 Å². The topological polar surface area (TPSA) is 75.3 Å². The third-order valence-electron chi connectivity index (χ3n) is 3.78. The van der Waals surface area contributed by atoms with Crippen molar-refractivity contribution in [1.82, 2.24) is 14.5 Å². The first kappa shape index (κ1) is 15.2. The van der Waals surface area contributed by atoms with Crippen LogP contribution in [0.1, 0.15) is 24.2 Å². The normalized spacial score (nSPS) is 23.5. The molecule has 0 bridgehead atoms. The smallest absolute Gasteiger partial charge is 0.243 e. The van der Waals surface area contributed by atoms with Crippen LogP contribution in [0.15, 0.2) is 41.6 Å². The molecule has 1 N–H and O–H groups in total. The van der Waals surface area contributed by atoms with Gasteiger partial charge in [-0.3, -0.25) is 5.10 Å². The lowest BCUT2D eigenvalue weighted by atomic mass is 10.1. The number of hydrogen-bond acceptors (Lipinski definition) is 4. The van der Waals surface area contributed by atoms with Crippen LogP contribution >= 0.6 is 0 Å². The van der Waals surface area contributed by atoms with E-state index >= 15 is 0 Å². The molecule has 7 heteroatoms. The van der Waals surface area contributed by atoms with Crippen LogP contribution in [0.2, 0.25) is 0 Å². The van der Waals surface area contributed by atoms with Crippen molar-refractivity contribution in [2.45, 2.75) is 31.0 Å². The number of benzene rings is 1. The summed E-state index contributed by atoms with van der Waals surface area (Å²) in [6.45, 7) is 4.46. The van der Waals surface area contributed by atoms with Crippen molar-refractivity contribution in [2.75, 3.05) is 13.1 Å². The minimum atomic E-state index is -3.51. The Morgan fingerprint density at radius 1 is 1.27 bits per heavy atom. The molecule has 2 unspecified atom stereocenters. The fraction of sp³-hybridized carbons (Fsp3) is 0.400. The quantitative estimate of drug-likeness (QED) is 0.936. The average molecular weight is 321 g/mol. The molecule has 1 aliphatic heterocycles. The van der Waals surface area contributed by atoms with Gasteiger partial charge >= 0.3 is 0 Å². The largest absolute Gasteiger partial charge is 0.368 e. The van der Waals surface area contributed by atoms with Gasteiger partial charge in [0.15, 0.2) is 0 Å². The fourth-order valence-electron chi connectivity index (χ4n) is 2.59. The van der Waals surface area contributed by atoms with E-state index in [0.29, 0.717) is 18.0 Å². The van der Waals surface area contributed by atoms with Crippen LogP contribution in [-0.4, -0.2) is 42.1 Å². The molecule has 0 spiro atoms. The Balaban J connectivity index is 1.88. The zero-order chi connectivity index (χ0) is 15.7. The van der Waals surface area contributed by atoms with Crippen LogP contribution in [0, 0.1) is 6.92 Å². The van der Waals surface area contributed by atoms with E-state index in [1.165, 1.54) is 4.31 Å². The van der Waals surface area contributed by atoms with Crippen molar-refractivity contribution in [3.63, 3.8) is 0 Å². The highest BCUT2D eigenvalue weighted by Crippen LogP contribution is 2.28. The van der Waals surface area contributed by atoms with Crippen molar-refractivity contribution < 1.29 is 13.2 Å². The van der Waals surface area contributed by atoms with Crippen molar-refractivity contribution in [3.05, 3.63) is 47.8 Å². The summed E-state index contributed by atoms with van der Waals surface area (Å²) < 4.78 is 32.9. The van der Waals surface area contributed by atoms with Crippen molar-refractivity contribution in [1.29, 1.82) is 0 Å². The van der Waals surface area contributed by atoms with Gasteiger partial charge in [0, 0.05) is 24.8 Å². The van der Waals surface area contributed by atoms with Crippen LogP contribution < -0.4 is 0 Å². The molecular weight excluding hydrogens is 302 g/mol. The summed E-state index contributed by atoms with van der Waals surface area (Å²) >= 11 is 0. The summed E-state index contributed by atoms with van der Waals surface area (Å²) in [6.07, 6.45) is 2.93. The van der Waals surface area contributed by atoms with E-state index in [0.717, 1.165) is 11.1 Å². The zero-order valence-electron chi connectivity index (χ0n) is 12.6. The first-order valence-electron chi connectivity index (χ1n) is 7.18. The minimum absolute atomic E-state index is 0.172. The standard InChI is InChI=1S/C15H19N3O3S/c1-11-3-5-14(6-4-11)22(19,20)18-9-12(2)21-15(10-18)13-7-16-17-8-13/h3-8,12,15H,9-10H2,1-2H3,(H,16,17). The van der Waals surface area contributed by atoms with Gasteiger partial charge in [0.1, 0.15) is 0 Å². The number of nitrogens with one attached hydrogen (secondary N) is 1. The SMILES string of the molecule is Cc1ccc(S(=O)(=O)N2CC(C)OC(c3cn[nH]c3)C2)cc1. The van der Waals surface area contributed by atoms with Gasteiger partial charge in [0.25, 0.3) is 0 Å². The van der Waals surface area contributed by atoms with Gasteiger partial charge < -0.3 is 4.74 Å². The summed E-state index contributed by atoms with van der Waals surface area (Å²) in [5.74, 6) is 0. The highest BCUT2D eigenvalue weighted by Gasteiger charge is 2.34. The molecule has 6 nitrogen and oxygen atoms in total. The number of aromatic amines is 1. The van der Waals surface area contributed by atoms with Crippen molar-refractivity contribution >= 4 is 10.0 Å². The van der Waals surface area contributed by atoms with Gasteiger partial charge in [-0.15, -0.1) is 0 Å². The molecule has 1 saturated heterocycles. The number of morpholine rings is 1. The Hall–Kier alpha value is -1.70. The first-order chi connectivity index (χ1) is 10.5. The summed E-state index contributed by atoms with van der Waals surface area (Å²) in [5.41, 5.74) is 1.89. The van der Waals surface area contributed by atoms with Crippen LogP contribution in [0.3, 0.4) is 0 Å². The Morgan fingerprint density at radius 3 is 2.64 bits per heavy atom. The van der Waals surface area contributed by atoms with Crippen molar-refractivity contribution in [3.8, 4) is 0 Å². The predicted molar refractivity (Wildman–Crippen MR) is 81.8 cm³/mol. The number of rotatable bonds is 3. The lowest BCUT2D eigenvalue weighted by molar-refractivity contribution is -0.0556. The predicted octanol–water partition coefficient (Wildman–Crippen LogP) is 1.87. The molecule has 1 aliphatic rings. The molecule has 3 rings (SSSR count). The van der Waals surface area contributed by atoms with E-state index in [1.807, 2.05) is 26.0 Å². The van der Waals surface area contributed by atoms with Gasteiger partial charge in [-0.2, -0.15) is 9.40 Å². The fourth-order valence-corrected chi connectivity index (χ4v) is 4.11. The number of aryl methyl sites for hydroxylation is 1. The first-order valence-corrected chi connectivity index (χ1v) is 8.62. The summed E-state index contributed by atoms with van der Waals surface area (Å²) in [4.78, 5) is 0.318.